The maximum Gasteiger partial charge on any atom is 0.314 e. The van der Waals surface area contributed by atoms with E-state index in [-0.39, 0.29) is 12.6 Å². The van der Waals surface area contributed by atoms with Crippen LogP contribution >= 0.6 is 0 Å². The van der Waals surface area contributed by atoms with Gasteiger partial charge in [0.05, 0.1) is 5.92 Å². The molecule has 0 aliphatic rings. The molecule has 1 unspecified atom stereocenters. The van der Waals surface area contributed by atoms with Crippen molar-refractivity contribution in [2.45, 2.75) is 33.6 Å². The van der Waals surface area contributed by atoms with Gasteiger partial charge in [-0.1, -0.05) is 20.8 Å². The van der Waals surface area contributed by atoms with Gasteiger partial charge >= 0.3 is 12.0 Å². The minimum absolute atomic E-state index is 0.180. The summed E-state index contributed by atoms with van der Waals surface area (Å²) in [6.45, 7) is 6.75. The van der Waals surface area contributed by atoms with E-state index in [0.717, 1.165) is 6.42 Å². The molecule has 0 rings (SSSR count). The highest BCUT2D eigenvalue weighted by molar-refractivity contribution is 5.75. The largest absolute Gasteiger partial charge is 0.481 e. The number of urea groups is 1. The predicted octanol–water partition coefficient (Wildman–Crippen LogP) is 1.44. The highest BCUT2D eigenvalue weighted by Gasteiger charge is 2.15. The molecular weight excluding hydrogens is 208 g/mol. The maximum absolute atomic E-state index is 11.3. The summed E-state index contributed by atoms with van der Waals surface area (Å²) in [4.78, 5) is 21.9. The number of carbonyl (C=O) groups is 2. The lowest BCUT2D eigenvalue weighted by molar-refractivity contribution is -0.141. The minimum atomic E-state index is -0.870. The number of hydrogen-bond donors (Lipinski definition) is 3. The summed E-state index contributed by atoms with van der Waals surface area (Å²) in [5, 5.41) is 14.0. The molecule has 0 radical (unpaired) electrons. The molecule has 0 heterocycles. The van der Waals surface area contributed by atoms with Gasteiger partial charge in [0.15, 0.2) is 0 Å². The van der Waals surface area contributed by atoms with Crippen LogP contribution in [-0.2, 0) is 4.79 Å². The van der Waals surface area contributed by atoms with E-state index in [2.05, 4.69) is 24.5 Å². The van der Waals surface area contributed by atoms with E-state index < -0.39 is 11.9 Å². The van der Waals surface area contributed by atoms with Gasteiger partial charge in [-0.05, 0) is 18.8 Å². The lowest BCUT2D eigenvalue weighted by atomic mass is 10.1. The molecule has 5 heteroatoms. The van der Waals surface area contributed by atoms with Gasteiger partial charge in [0, 0.05) is 13.1 Å². The molecule has 2 amide bonds. The average molecular weight is 230 g/mol. The molecule has 0 bridgehead atoms. The summed E-state index contributed by atoms with van der Waals surface area (Å²) in [6, 6.07) is -0.291. The Kier molecular flexibility index (Phi) is 7.33. The Labute approximate surface area is 96.6 Å². The lowest BCUT2D eigenvalue weighted by Gasteiger charge is -2.12. The molecule has 16 heavy (non-hydrogen) atoms. The number of nitrogens with one attached hydrogen (secondary N) is 2. The zero-order chi connectivity index (χ0) is 12.6. The van der Waals surface area contributed by atoms with Crippen LogP contribution in [0.5, 0.6) is 0 Å². The Morgan fingerprint density at radius 2 is 1.88 bits per heavy atom. The maximum atomic E-state index is 11.3. The van der Waals surface area contributed by atoms with E-state index in [0.29, 0.717) is 18.9 Å². The van der Waals surface area contributed by atoms with Gasteiger partial charge in [-0.3, -0.25) is 4.79 Å². The smallest absolute Gasteiger partial charge is 0.314 e. The zero-order valence-electron chi connectivity index (χ0n) is 10.2. The fraction of sp³-hybridized carbons (Fsp3) is 0.818. The molecule has 0 saturated carbocycles. The van der Waals surface area contributed by atoms with Crippen molar-refractivity contribution in [1.82, 2.24) is 10.6 Å². The van der Waals surface area contributed by atoms with Crippen LogP contribution in [0.15, 0.2) is 0 Å². The molecule has 0 aliphatic carbocycles. The summed E-state index contributed by atoms with van der Waals surface area (Å²) >= 11 is 0. The molecule has 0 aliphatic heterocycles. The molecule has 3 N–H and O–H groups in total. The zero-order valence-corrected chi connectivity index (χ0v) is 10.2. The number of carbonyl (C=O) groups excluding carboxylic acids is 1. The number of rotatable bonds is 7. The predicted molar refractivity (Wildman–Crippen MR) is 62.3 cm³/mol. The molecule has 0 saturated heterocycles. The van der Waals surface area contributed by atoms with Crippen molar-refractivity contribution < 1.29 is 14.7 Å². The number of carboxylic acids is 1. The molecule has 0 aromatic carbocycles. The monoisotopic (exact) mass is 230 g/mol. The van der Waals surface area contributed by atoms with Crippen molar-refractivity contribution in [3.63, 3.8) is 0 Å². The summed E-state index contributed by atoms with van der Waals surface area (Å²) in [6.07, 6.45) is 1.44. The second kappa shape index (κ2) is 7.96. The molecule has 0 aromatic heterocycles. The van der Waals surface area contributed by atoms with E-state index >= 15 is 0 Å². The van der Waals surface area contributed by atoms with Crippen LogP contribution in [0.2, 0.25) is 0 Å². The lowest BCUT2D eigenvalue weighted by Crippen LogP contribution is -2.40. The molecule has 0 spiro atoms. The summed E-state index contributed by atoms with van der Waals surface area (Å²) < 4.78 is 0. The van der Waals surface area contributed by atoms with Gasteiger partial charge in [-0.15, -0.1) is 0 Å². The van der Waals surface area contributed by atoms with Crippen LogP contribution in [0, 0.1) is 11.8 Å². The van der Waals surface area contributed by atoms with Gasteiger partial charge in [0.2, 0.25) is 0 Å². The van der Waals surface area contributed by atoms with Crippen LogP contribution in [-0.4, -0.2) is 30.2 Å². The average Bonchev–Trinajstić information content (AvgIpc) is 2.17. The third kappa shape index (κ3) is 7.09. The normalized spacial score (nSPS) is 12.2. The fourth-order valence-corrected chi connectivity index (χ4v) is 1.16. The topological polar surface area (TPSA) is 78.4 Å². The molecular formula is C11H22N2O3. The highest BCUT2D eigenvalue weighted by Crippen LogP contribution is 2.00. The van der Waals surface area contributed by atoms with E-state index in [1.807, 2.05) is 0 Å². The Balaban J connectivity index is 3.67. The quantitative estimate of drug-likeness (QED) is 0.619. The van der Waals surface area contributed by atoms with Gasteiger partial charge in [-0.25, -0.2) is 4.79 Å². The van der Waals surface area contributed by atoms with Gasteiger partial charge in [-0.2, -0.15) is 0 Å². The number of hydrogen-bond acceptors (Lipinski definition) is 2. The van der Waals surface area contributed by atoms with Gasteiger partial charge < -0.3 is 15.7 Å². The van der Waals surface area contributed by atoms with Crippen LogP contribution in [0.25, 0.3) is 0 Å². The highest BCUT2D eigenvalue weighted by atomic mass is 16.4. The van der Waals surface area contributed by atoms with Crippen LogP contribution in [0.3, 0.4) is 0 Å². The first-order chi connectivity index (χ1) is 7.47. The van der Waals surface area contributed by atoms with E-state index in [4.69, 9.17) is 5.11 Å². The van der Waals surface area contributed by atoms with Crippen molar-refractivity contribution in [3.05, 3.63) is 0 Å². The van der Waals surface area contributed by atoms with Crippen LogP contribution < -0.4 is 10.6 Å². The van der Waals surface area contributed by atoms with E-state index in [9.17, 15) is 9.59 Å². The first-order valence-electron chi connectivity index (χ1n) is 5.71. The third-order valence-corrected chi connectivity index (χ3v) is 2.36. The molecule has 0 aromatic rings. The Morgan fingerprint density at radius 3 is 2.31 bits per heavy atom. The van der Waals surface area contributed by atoms with Crippen LogP contribution in [0.1, 0.15) is 33.6 Å². The molecule has 94 valence electrons. The SMILES string of the molecule is CCC(CNC(=O)NCCC(C)C)C(=O)O. The first-order valence-corrected chi connectivity index (χ1v) is 5.71. The minimum Gasteiger partial charge on any atom is -0.481 e. The van der Waals surface area contributed by atoms with Gasteiger partial charge in [0.1, 0.15) is 0 Å². The second-order valence-corrected chi connectivity index (χ2v) is 4.26. The van der Waals surface area contributed by atoms with Crippen molar-refractivity contribution >= 4 is 12.0 Å². The Morgan fingerprint density at radius 1 is 1.25 bits per heavy atom. The number of amides is 2. The summed E-state index contributed by atoms with van der Waals surface area (Å²) in [7, 11) is 0. The summed E-state index contributed by atoms with van der Waals surface area (Å²) in [5.74, 6) is -0.830. The van der Waals surface area contributed by atoms with Crippen LogP contribution in [0.4, 0.5) is 4.79 Å². The number of carboxylic acid groups (broad SMARTS) is 1. The van der Waals surface area contributed by atoms with E-state index in [1.54, 1.807) is 6.92 Å². The van der Waals surface area contributed by atoms with Crippen molar-refractivity contribution in [1.29, 1.82) is 0 Å². The first kappa shape index (κ1) is 14.7. The molecule has 1 atom stereocenters. The van der Waals surface area contributed by atoms with Gasteiger partial charge in [0.25, 0.3) is 0 Å². The van der Waals surface area contributed by atoms with E-state index in [1.165, 1.54) is 0 Å². The van der Waals surface area contributed by atoms with Crippen molar-refractivity contribution in [3.8, 4) is 0 Å². The Hall–Kier alpha value is -1.26. The molecule has 0 fully saturated rings. The van der Waals surface area contributed by atoms with Crippen molar-refractivity contribution in [2.24, 2.45) is 11.8 Å². The second-order valence-electron chi connectivity index (χ2n) is 4.26. The molecule has 5 nitrogen and oxygen atoms in total. The Bertz CT molecular complexity index is 229. The standard InChI is InChI=1S/C11H22N2O3/c1-4-9(10(14)15)7-13-11(16)12-6-5-8(2)3/h8-9H,4-7H2,1-3H3,(H,14,15)(H2,12,13,16). The number of aliphatic carboxylic acids is 1. The summed E-state index contributed by atoms with van der Waals surface area (Å²) in [5.41, 5.74) is 0. The fourth-order valence-electron chi connectivity index (χ4n) is 1.16. The van der Waals surface area contributed by atoms with Crippen molar-refractivity contribution in [2.75, 3.05) is 13.1 Å². The third-order valence-electron chi connectivity index (χ3n) is 2.36.